The molecule has 1 amide bonds. The van der Waals surface area contributed by atoms with Crippen molar-refractivity contribution in [2.24, 2.45) is 5.92 Å². The number of carbonyl (C=O) groups is 1. The topological polar surface area (TPSA) is 88.6 Å². The summed E-state index contributed by atoms with van der Waals surface area (Å²) in [4.78, 5) is 17.3. The summed E-state index contributed by atoms with van der Waals surface area (Å²) in [7, 11) is -3.66. The summed E-state index contributed by atoms with van der Waals surface area (Å²) in [6, 6.07) is 7.73. The number of carbonyl (C=O) groups excluding carboxylic acids is 1. The minimum Gasteiger partial charge on any atom is -0.489 e. The molecule has 2 aromatic rings. The number of halogens is 1. The Bertz CT molecular complexity index is 1060. The lowest BCUT2D eigenvalue weighted by Gasteiger charge is -2.22. The Kier molecular flexibility index (Phi) is 7.33. The van der Waals surface area contributed by atoms with Crippen LogP contribution in [0, 0.1) is 5.92 Å². The molecule has 1 aromatic heterocycles. The Labute approximate surface area is 194 Å². The minimum absolute atomic E-state index is 0.0590. The van der Waals surface area contributed by atoms with Gasteiger partial charge in [-0.15, -0.1) is 0 Å². The quantitative estimate of drug-likeness (QED) is 0.622. The van der Waals surface area contributed by atoms with Gasteiger partial charge in [0.2, 0.25) is 10.0 Å². The van der Waals surface area contributed by atoms with Crippen molar-refractivity contribution in [3.8, 4) is 5.75 Å². The van der Waals surface area contributed by atoms with Crippen molar-refractivity contribution in [3.05, 3.63) is 47.1 Å². The first-order valence-corrected chi connectivity index (χ1v) is 13.0. The van der Waals surface area contributed by atoms with Crippen molar-refractivity contribution in [2.45, 2.75) is 49.8 Å². The van der Waals surface area contributed by atoms with E-state index in [1.54, 1.807) is 18.3 Å². The third kappa shape index (κ3) is 5.24. The maximum atomic E-state index is 13.0. The smallest absolute Gasteiger partial charge is 0.258 e. The van der Waals surface area contributed by atoms with E-state index in [9.17, 15) is 13.2 Å². The first-order valence-electron chi connectivity index (χ1n) is 11.1. The van der Waals surface area contributed by atoms with Crippen molar-refractivity contribution >= 4 is 33.3 Å². The molecule has 4 rings (SSSR count). The van der Waals surface area contributed by atoms with Gasteiger partial charge in [-0.25, -0.2) is 13.4 Å². The van der Waals surface area contributed by atoms with E-state index in [1.807, 2.05) is 0 Å². The lowest BCUT2D eigenvalue weighted by molar-refractivity contribution is 0.102. The largest absolute Gasteiger partial charge is 0.489 e. The van der Waals surface area contributed by atoms with E-state index >= 15 is 0 Å². The van der Waals surface area contributed by atoms with E-state index in [1.165, 1.54) is 41.8 Å². The SMILES string of the molecule is O=C(Nc1ncccc1OCC1CCCCC1)c1cc(S(=O)(=O)N2CCCC2)ccc1Cl. The van der Waals surface area contributed by atoms with Crippen molar-refractivity contribution in [2.75, 3.05) is 25.0 Å². The van der Waals surface area contributed by atoms with Crippen LogP contribution in [0.3, 0.4) is 0 Å². The summed E-state index contributed by atoms with van der Waals surface area (Å²) in [5.41, 5.74) is 0.0795. The van der Waals surface area contributed by atoms with Gasteiger partial charge in [-0.05, 0) is 61.9 Å². The molecule has 2 aliphatic rings. The number of hydrogen-bond acceptors (Lipinski definition) is 5. The zero-order chi connectivity index (χ0) is 22.6. The molecule has 1 aromatic carbocycles. The van der Waals surface area contributed by atoms with Crippen LogP contribution in [-0.2, 0) is 10.0 Å². The normalized spacial score (nSPS) is 17.9. The highest BCUT2D eigenvalue weighted by Gasteiger charge is 2.28. The molecule has 0 unspecified atom stereocenters. The predicted molar refractivity (Wildman–Crippen MR) is 124 cm³/mol. The van der Waals surface area contributed by atoms with Crippen LogP contribution in [-0.4, -0.2) is 43.3 Å². The van der Waals surface area contributed by atoms with E-state index < -0.39 is 15.9 Å². The van der Waals surface area contributed by atoms with Gasteiger partial charge in [0, 0.05) is 19.3 Å². The number of sulfonamides is 1. The molecular weight excluding hydrogens is 450 g/mol. The molecule has 2 heterocycles. The van der Waals surface area contributed by atoms with Gasteiger partial charge in [0.15, 0.2) is 11.6 Å². The van der Waals surface area contributed by atoms with Gasteiger partial charge < -0.3 is 10.1 Å². The number of nitrogens with one attached hydrogen (secondary N) is 1. The van der Waals surface area contributed by atoms with E-state index in [0.717, 1.165) is 25.7 Å². The highest BCUT2D eigenvalue weighted by atomic mass is 35.5. The van der Waals surface area contributed by atoms with Gasteiger partial charge in [0.25, 0.3) is 5.91 Å². The fourth-order valence-electron chi connectivity index (χ4n) is 4.25. The van der Waals surface area contributed by atoms with Crippen LogP contribution in [0.25, 0.3) is 0 Å². The number of rotatable bonds is 7. The molecule has 1 saturated heterocycles. The third-order valence-electron chi connectivity index (χ3n) is 6.09. The van der Waals surface area contributed by atoms with Crippen LogP contribution in [0.2, 0.25) is 5.02 Å². The Morgan fingerprint density at radius 2 is 1.88 bits per heavy atom. The number of nitrogens with zero attached hydrogens (tertiary/aromatic N) is 2. The molecule has 1 N–H and O–H groups in total. The summed E-state index contributed by atoms with van der Waals surface area (Å²) < 4.78 is 33.2. The average molecular weight is 478 g/mol. The van der Waals surface area contributed by atoms with E-state index in [-0.39, 0.29) is 21.3 Å². The Morgan fingerprint density at radius 3 is 2.62 bits per heavy atom. The summed E-state index contributed by atoms with van der Waals surface area (Å²) >= 11 is 6.25. The molecule has 32 heavy (non-hydrogen) atoms. The second-order valence-corrected chi connectivity index (χ2v) is 10.7. The maximum Gasteiger partial charge on any atom is 0.258 e. The van der Waals surface area contributed by atoms with E-state index in [4.69, 9.17) is 16.3 Å². The Balaban J connectivity index is 1.50. The Hall–Kier alpha value is -2.16. The molecule has 2 fully saturated rings. The molecule has 172 valence electrons. The molecule has 1 saturated carbocycles. The van der Waals surface area contributed by atoms with Crippen LogP contribution in [0.5, 0.6) is 5.75 Å². The monoisotopic (exact) mass is 477 g/mol. The summed E-state index contributed by atoms with van der Waals surface area (Å²) in [5, 5.41) is 2.91. The number of ether oxygens (including phenoxy) is 1. The first kappa shape index (κ1) is 23.0. The molecule has 1 aliphatic carbocycles. The number of benzene rings is 1. The molecule has 7 nitrogen and oxygen atoms in total. The third-order valence-corrected chi connectivity index (χ3v) is 8.31. The molecule has 0 spiro atoms. The number of aromatic nitrogens is 1. The number of amides is 1. The van der Waals surface area contributed by atoms with E-state index in [0.29, 0.717) is 31.4 Å². The molecule has 9 heteroatoms. The zero-order valence-corrected chi connectivity index (χ0v) is 19.5. The van der Waals surface area contributed by atoms with Gasteiger partial charge in [-0.1, -0.05) is 30.9 Å². The maximum absolute atomic E-state index is 13.0. The Morgan fingerprint density at radius 1 is 1.12 bits per heavy atom. The average Bonchev–Trinajstić information content (AvgIpc) is 3.35. The van der Waals surface area contributed by atoms with Crippen LogP contribution in [0.15, 0.2) is 41.4 Å². The summed E-state index contributed by atoms with van der Waals surface area (Å²) in [5.74, 6) is 0.754. The molecular formula is C23H28ClN3O4S. The summed E-state index contributed by atoms with van der Waals surface area (Å²) in [6.07, 6.45) is 9.26. The second kappa shape index (κ2) is 10.2. The molecule has 0 bridgehead atoms. The summed E-state index contributed by atoms with van der Waals surface area (Å²) in [6.45, 7) is 1.56. The van der Waals surface area contributed by atoms with Gasteiger partial charge in [-0.2, -0.15) is 4.31 Å². The van der Waals surface area contributed by atoms with Crippen LogP contribution >= 0.6 is 11.6 Å². The molecule has 1 aliphatic heterocycles. The van der Waals surface area contributed by atoms with Gasteiger partial charge >= 0.3 is 0 Å². The fourth-order valence-corrected chi connectivity index (χ4v) is 6.00. The predicted octanol–water partition coefficient (Wildman–Crippen LogP) is 4.73. The number of hydrogen-bond donors (Lipinski definition) is 1. The molecule has 0 radical (unpaired) electrons. The fraction of sp³-hybridized carbons (Fsp3) is 0.478. The highest BCUT2D eigenvalue weighted by molar-refractivity contribution is 7.89. The lowest BCUT2D eigenvalue weighted by atomic mass is 9.90. The van der Waals surface area contributed by atoms with Crippen LogP contribution in [0.4, 0.5) is 5.82 Å². The second-order valence-electron chi connectivity index (χ2n) is 8.37. The number of pyridine rings is 1. The van der Waals surface area contributed by atoms with Gasteiger partial charge in [0.05, 0.1) is 22.1 Å². The highest BCUT2D eigenvalue weighted by Crippen LogP contribution is 2.29. The van der Waals surface area contributed by atoms with Crippen LogP contribution in [0.1, 0.15) is 55.3 Å². The van der Waals surface area contributed by atoms with Crippen molar-refractivity contribution in [1.29, 1.82) is 0 Å². The number of anilines is 1. The minimum atomic E-state index is -3.66. The van der Waals surface area contributed by atoms with Crippen molar-refractivity contribution < 1.29 is 17.9 Å². The zero-order valence-electron chi connectivity index (χ0n) is 17.9. The van der Waals surface area contributed by atoms with Gasteiger partial charge in [0.1, 0.15) is 0 Å². The lowest BCUT2D eigenvalue weighted by Crippen LogP contribution is -2.28. The van der Waals surface area contributed by atoms with Crippen molar-refractivity contribution in [1.82, 2.24) is 9.29 Å². The van der Waals surface area contributed by atoms with Crippen LogP contribution < -0.4 is 10.1 Å². The molecule has 0 atom stereocenters. The van der Waals surface area contributed by atoms with Crippen molar-refractivity contribution in [3.63, 3.8) is 0 Å². The first-order chi connectivity index (χ1) is 15.4. The van der Waals surface area contributed by atoms with Gasteiger partial charge in [-0.3, -0.25) is 4.79 Å². The standard InChI is InChI=1S/C23H28ClN3O4S/c24-20-11-10-18(32(29,30)27-13-4-5-14-27)15-19(20)23(28)26-22-21(9-6-12-25-22)31-16-17-7-2-1-3-8-17/h6,9-12,15,17H,1-5,7-8,13-14,16H2,(H,25,26,28). The van der Waals surface area contributed by atoms with E-state index in [2.05, 4.69) is 10.3 Å².